The Balaban J connectivity index is 1.41. The fraction of sp³-hybridized carbons (Fsp3) is 0.650. The van der Waals surface area contributed by atoms with Gasteiger partial charge in [0.05, 0.1) is 5.75 Å². The first-order chi connectivity index (χ1) is 11.2. The number of amides is 1. The third-order valence-corrected chi connectivity index (χ3v) is 7.98. The maximum Gasteiger partial charge on any atom is 0.233 e. The predicted octanol–water partition coefficient (Wildman–Crippen LogP) is 4.48. The van der Waals surface area contributed by atoms with Crippen LogP contribution >= 0.6 is 11.8 Å². The molecule has 1 amide bonds. The summed E-state index contributed by atoms with van der Waals surface area (Å²) in [5.74, 6) is 3.90. The van der Waals surface area contributed by atoms with E-state index in [1.54, 1.807) is 0 Å². The van der Waals surface area contributed by atoms with E-state index in [4.69, 9.17) is 0 Å². The topological polar surface area (TPSA) is 20.3 Å². The minimum atomic E-state index is 0.247. The van der Waals surface area contributed by atoms with Crippen LogP contribution in [0, 0.1) is 23.2 Å². The van der Waals surface area contributed by atoms with Crippen molar-refractivity contribution >= 4 is 17.7 Å². The van der Waals surface area contributed by atoms with Crippen molar-refractivity contribution in [3.05, 3.63) is 35.9 Å². The average molecular weight is 327 g/mol. The Labute approximate surface area is 143 Å². The number of thioether (sulfide) groups is 1. The molecule has 23 heavy (non-hydrogen) atoms. The number of hydrogen-bond acceptors (Lipinski definition) is 2. The van der Waals surface area contributed by atoms with Gasteiger partial charge in [0.15, 0.2) is 0 Å². The quantitative estimate of drug-likeness (QED) is 0.816. The second-order valence-electron chi connectivity index (χ2n) is 8.51. The summed E-state index contributed by atoms with van der Waals surface area (Å²) in [7, 11) is 0. The van der Waals surface area contributed by atoms with Crippen LogP contribution in [0.5, 0.6) is 0 Å². The van der Waals surface area contributed by atoms with Crippen molar-refractivity contribution in [3.8, 4) is 0 Å². The molecule has 0 radical (unpaired) electrons. The van der Waals surface area contributed by atoms with Gasteiger partial charge in [-0.15, -0.1) is 11.8 Å². The van der Waals surface area contributed by atoms with Crippen LogP contribution < -0.4 is 0 Å². The Morgan fingerprint density at radius 3 is 2.22 bits per heavy atom. The highest BCUT2D eigenvalue weighted by Gasteiger charge is 2.52. The van der Waals surface area contributed by atoms with E-state index in [9.17, 15) is 4.79 Å². The van der Waals surface area contributed by atoms with Crippen LogP contribution in [0.25, 0.3) is 0 Å². The van der Waals surface area contributed by atoms with Crippen LogP contribution in [0.3, 0.4) is 0 Å². The van der Waals surface area contributed by atoms with Gasteiger partial charge in [-0.3, -0.25) is 4.79 Å². The molecule has 0 aromatic heterocycles. The Hall–Kier alpha value is -0.960. The van der Waals surface area contributed by atoms with Crippen LogP contribution in [0.4, 0.5) is 0 Å². The molecule has 5 fully saturated rings. The number of nitrogens with zero attached hydrogens (tertiary/aromatic N) is 1. The number of carbonyl (C=O) groups excluding carboxylic acids is 1. The van der Waals surface area contributed by atoms with E-state index in [0.717, 1.165) is 24.3 Å². The summed E-state index contributed by atoms with van der Waals surface area (Å²) < 4.78 is 0. The smallest absolute Gasteiger partial charge is 0.233 e. The van der Waals surface area contributed by atoms with Crippen LogP contribution in [-0.4, -0.2) is 23.1 Å². The first-order valence-electron chi connectivity index (χ1n) is 9.17. The fourth-order valence-corrected chi connectivity index (χ4v) is 7.55. The molecule has 6 rings (SSSR count). The Kier molecular flexibility index (Phi) is 3.30. The lowest BCUT2D eigenvalue weighted by Gasteiger charge is -2.58. The maximum atomic E-state index is 12.6. The second kappa shape index (κ2) is 5.27. The zero-order chi connectivity index (χ0) is 15.4. The summed E-state index contributed by atoms with van der Waals surface area (Å²) in [6.45, 7) is 1.02. The van der Waals surface area contributed by atoms with Crippen molar-refractivity contribution in [2.75, 3.05) is 12.3 Å². The number of carbonyl (C=O) groups is 1. The maximum absolute atomic E-state index is 12.6. The molecule has 2 nitrogen and oxygen atoms in total. The molecule has 1 aromatic carbocycles. The molecule has 1 aromatic rings. The van der Waals surface area contributed by atoms with Gasteiger partial charge >= 0.3 is 0 Å². The minimum absolute atomic E-state index is 0.247. The van der Waals surface area contributed by atoms with Gasteiger partial charge in [0.25, 0.3) is 0 Å². The average Bonchev–Trinajstić information content (AvgIpc) is 2.87. The van der Waals surface area contributed by atoms with Crippen molar-refractivity contribution in [2.24, 2.45) is 23.2 Å². The van der Waals surface area contributed by atoms with Gasteiger partial charge in [-0.25, -0.2) is 0 Å². The van der Waals surface area contributed by atoms with Gasteiger partial charge in [0.2, 0.25) is 5.91 Å². The molecule has 0 N–H and O–H groups in total. The Morgan fingerprint density at radius 2 is 1.61 bits per heavy atom. The zero-order valence-corrected chi connectivity index (χ0v) is 14.4. The third-order valence-electron chi connectivity index (χ3n) is 6.72. The van der Waals surface area contributed by atoms with Crippen LogP contribution in [-0.2, 0) is 4.79 Å². The standard InChI is InChI=1S/C20H25NOS/c22-18-12-23-19(17-4-2-1-3-5-17)21(18)13-20-9-14-6-15(10-20)8-16(7-14)11-20/h1-5,14-16,19H,6-13H2/t14?,15?,16?,19-,20?/m0/s1. The first-order valence-corrected chi connectivity index (χ1v) is 10.2. The minimum Gasteiger partial charge on any atom is -0.325 e. The molecule has 4 aliphatic carbocycles. The monoisotopic (exact) mass is 327 g/mol. The molecule has 1 heterocycles. The molecule has 0 spiro atoms. The largest absolute Gasteiger partial charge is 0.325 e. The highest BCUT2D eigenvalue weighted by Crippen LogP contribution is 2.61. The van der Waals surface area contributed by atoms with E-state index in [1.807, 2.05) is 11.8 Å². The van der Waals surface area contributed by atoms with Gasteiger partial charge in [-0.2, -0.15) is 0 Å². The van der Waals surface area contributed by atoms with Crippen molar-refractivity contribution in [1.82, 2.24) is 4.90 Å². The SMILES string of the molecule is O=C1CS[C@@H](c2ccccc2)N1CC12CC3CC(CC(C3)C1)C2. The number of benzene rings is 1. The van der Waals surface area contributed by atoms with E-state index in [-0.39, 0.29) is 5.37 Å². The third kappa shape index (κ3) is 2.43. The summed E-state index contributed by atoms with van der Waals surface area (Å²) in [6.07, 6.45) is 8.58. The molecule has 4 saturated carbocycles. The lowest BCUT2D eigenvalue weighted by atomic mass is 9.49. The highest BCUT2D eigenvalue weighted by atomic mass is 32.2. The summed E-state index contributed by atoms with van der Waals surface area (Å²) in [6, 6.07) is 10.6. The molecule has 1 atom stereocenters. The lowest BCUT2D eigenvalue weighted by Crippen LogP contribution is -2.51. The Bertz CT molecular complexity index is 578. The second-order valence-corrected chi connectivity index (χ2v) is 9.58. The van der Waals surface area contributed by atoms with Crippen molar-refractivity contribution in [1.29, 1.82) is 0 Å². The van der Waals surface area contributed by atoms with E-state index in [0.29, 0.717) is 17.1 Å². The Morgan fingerprint density at radius 1 is 1.00 bits per heavy atom. The predicted molar refractivity (Wildman–Crippen MR) is 94.0 cm³/mol. The van der Waals surface area contributed by atoms with Gasteiger partial charge in [-0.05, 0) is 67.3 Å². The fourth-order valence-electron chi connectivity index (χ4n) is 6.36. The van der Waals surface area contributed by atoms with Gasteiger partial charge < -0.3 is 4.90 Å². The molecular formula is C20H25NOS. The van der Waals surface area contributed by atoms with E-state index >= 15 is 0 Å². The molecular weight excluding hydrogens is 302 g/mol. The van der Waals surface area contributed by atoms with E-state index < -0.39 is 0 Å². The molecule has 4 bridgehead atoms. The van der Waals surface area contributed by atoms with Crippen LogP contribution in [0.2, 0.25) is 0 Å². The highest BCUT2D eigenvalue weighted by molar-refractivity contribution is 8.00. The molecule has 5 aliphatic rings. The summed E-state index contributed by atoms with van der Waals surface area (Å²) in [4.78, 5) is 14.8. The summed E-state index contributed by atoms with van der Waals surface area (Å²) in [5, 5.41) is 0.247. The van der Waals surface area contributed by atoms with E-state index in [1.165, 1.54) is 44.1 Å². The number of hydrogen-bond donors (Lipinski definition) is 0. The van der Waals surface area contributed by atoms with Crippen molar-refractivity contribution in [2.45, 2.75) is 43.9 Å². The molecule has 3 heteroatoms. The van der Waals surface area contributed by atoms with Gasteiger partial charge in [-0.1, -0.05) is 30.3 Å². The molecule has 1 aliphatic heterocycles. The van der Waals surface area contributed by atoms with Gasteiger partial charge in [0.1, 0.15) is 5.37 Å². The zero-order valence-electron chi connectivity index (χ0n) is 13.6. The van der Waals surface area contributed by atoms with E-state index in [2.05, 4.69) is 35.2 Å². The summed E-state index contributed by atoms with van der Waals surface area (Å²) >= 11 is 1.82. The molecule has 0 unspecified atom stereocenters. The lowest BCUT2D eigenvalue weighted by molar-refractivity contribution is -0.134. The number of rotatable bonds is 3. The van der Waals surface area contributed by atoms with Crippen LogP contribution in [0.1, 0.15) is 49.5 Å². The van der Waals surface area contributed by atoms with Crippen molar-refractivity contribution < 1.29 is 4.79 Å². The summed E-state index contributed by atoms with van der Waals surface area (Å²) in [5.41, 5.74) is 1.75. The van der Waals surface area contributed by atoms with Crippen molar-refractivity contribution in [3.63, 3.8) is 0 Å². The molecule has 122 valence electrons. The first kappa shape index (κ1) is 14.4. The molecule has 1 saturated heterocycles. The van der Waals surface area contributed by atoms with Gasteiger partial charge in [0, 0.05) is 6.54 Å². The van der Waals surface area contributed by atoms with Crippen LogP contribution in [0.15, 0.2) is 30.3 Å². The normalized spacial score (nSPS) is 41.7.